The van der Waals surface area contributed by atoms with Crippen molar-refractivity contribution in [3.63, 3.8) is 0 Å². The minimum Gasteiger partial charge on any atom is -0.465 e. The predicted molar refractivity (Wildman–Crippen MR) is 75.3 cm³/mol. The molecule has 0 aliphatic heterocycles. The van der Waals surface area contributed by atoms with Crippen molar-refractivity contribution >= 4 is 12.2 Å². The van der Waals surface area contributed by atoms with Crippen molar-refractivity contribution in [3.8, 4) is 11.1 Å². The average Bonchev–Trinajstić information content (AvgIpc) is 2.82. The fourth-order valence-electron chi connectivity index (χ4n) is 2.80. The van der Waals surface area contributed by atoms with Crippen LogP contribution in [0.4, 0.5) is 0 Å². The number of benzene rings is 2. The highest BCUT2D eigenvalue weighted by Gasteiger charge is 2.31. The maximum atomic E-state index is 11.9. The molecule has 2 aromatic rings. The Morgan fingerprint density at radius 1 is 1.20 bits per heavy atom. The van der Waals surface area contributed by atoms with E-state index in [1.807, 2.05) is 36.4 Å². The molecule has 0 saturated carbocycles. The Hall–Kier alpha value is -2.62. The van der Waals surface area contributed by atoms with Gasteiger partial charge in [0.1, 0.15) is 0 Å². The van der Waals surface area contributed by atoms with Gasteiger partial charge in [-0.15, -0.1) is 5.16 Å². The van der Waals surface area contributed by atoms with Crippen LogP contribution in [-0.2, 0) is 4.74 Å². The van der Waals surface area contributed by atoms with Crippen LogP contribution >= 0.6 is 0 Å². The van der Waals surface area contributed by atoms with E-state index < -0.39 is 0 Å². The summed E-state index contributed by atoms with van der Waals surface area (Å²) in [5, 5.41) is 12.0. The molecule has 100 valence electrons. The Kier molecular flexibility index (Phi) is 2.99. The molecule has 0 amide bonds. The number of carbonyl (C=O) groups is 1. The molecule has 0 heterocycles. The van der Waals surface area contributed by atoms with Crippen molar-refractivity contribution in [1.82, 2.24) is 0 Å². The van der Waals surface area contributed by atoms with Crippen molar-refractivity contribution in [2.24, 2.45) is 5.16 Å². The quantitative estimate of drug-likeness (QED) is 0.394. The number of ether oxygens (including phenoxy) is 1. The molecular weight excluding hydrogens is 254 g/mol. The lowest BCUT2D eigenvalue weighted by atomic mass is 9.97. The third-order valence-electron chi connectivity index (χ3n) is 3.62. The third-order valence-corrected chi connectivity index (χ3v) is 3.62. The summed E-state index contributed by atoms with van der Waals surface area (Å²) in [4.78, 5) is 11.9. The zero-order valence-corrected chi connectivity index (χ0v) is 10.9. The normalized spacial score (nSPS) is 15.9. The van der Waals surface area contributed by atoms with Gasteiger partial charge in [-0.25, -0.2) is 4.79 Å². The number of hydrogen-bond donors (Lipinski definition) is 1. The number of nitrogens with zero attached hydrogens (tertiary/aromatic N) is 1. The fourth-order valence-corrected chi connectivity index (χ4v) is 2.80. The minimum absolute atomic E-state index is 0.143. The van der Waals surface area contributed by atoms with Gasteiger partial charge in [0.25, 0.3) is 0 Å². The highest BCUT2D eigenvalue weighted by atomic mass is 16.5. The molecule has 0 aromatic heterocycles. The second kappa shape index (κ2) is 4.81. The fraction of sp³-hybridized carbons (Fsp3) is 0.125. The zero-order chi connectivity index (χ0) is 14.1. The van der Waals surface area contributed by atoms with Crippen molar-refractivity contribution in [2.75, 3.05) is 7.11 Å². The molecule has 2 aromatic carbocycles. The van der Waals surface area contributed by atoms with Gasteiger partial charge in [0.2, 0.25) is 0 Å². The number of oxime groups is 1. The monoisotopic (exact) mass is 267 g/mol. The molecule has 1 atom stereocenters. The Balaban J connectivity index is 2.31. The van der Waals surface area contributed by atoms with E-state index in [0.29, 0.717) is 5.56 Å². The Bertz CT molecular complexity index is 707. The lowest BCUT2D eigenvalue weighted by Crippen LogP contribution is -2.04. The lowest BCUT2D eigenvalue weighted by molar-refractivity contribution is 0.0601. The maximum absolute atomic E-state index is 11.9. The van der Waals surface area contributed by atoms with E-state index in [-0.39, 0.29) is 11.9 Å². The van der Waals surface area contributed by atoms with Gasteiger partial charge in [-0.3, -0.25) is 0 Å². The molecular formula is C16H13NO3. The van der Waals surface area contributed by atoms with Crippen LogP contribution in [0.2, 0.25) is 0 Å². The van der Waals surface area contributed by atoms with E-state index in [0.717, 1.165) is 22.3 Å². The van der Waals surface area contributed by atoms with Crippen LogP contribution in [0.3, 0.4) is 0 Å². The number of rotatable bonds is 2. The second-order valence-electron chi connectivity index (χ2n) is 4.59. The Morgan fingerprint density at radius 3 is 2.70 bits per heavy atom. The number of carbonyl (C=O) groups excluding carboxylic acids is 1. The van der Waals surface area contributed by atoms with Gasteiger partial charge in [-0.05, 0) is 22.8 Å². The van der Waals surface area contributed by atoms with E-state index in [1.54, 1.807) is 6.07 Å². The first-order chi connectivity index (χ1) is 9.77. The molecule has 1 aliphatic rings. The van der Waals surface area contributed by atoms with Gasteiger partial charge in [0, 0.05) is 11.5 Å². The number of esters is 1. The highest BCUT2D eigenvalue weighted by molar-refractivity contribution is 6.02. The SMILES string of the molecule is COC(=O)c1cccc2c1-c1ccccc1C2C=NO. The third kappa shape index (κ3) is 1.69. The molecule has 4 nitrogen and oxygen atoms in total. The van der Waals surface area contributed by atoms with Crippen molar-refractivity contribution in [1.29, 1.82) is 0 Å². The average molecular weight is 267 g/mol. The van der Waals surface area contributed by atoms with Crippen molar-refractivity contribution < 1.29 is 14.7 Å². The largest absolute Gasteiger partial charge is 0.465 e. The Morgan fingerprint density at radius 2 is 1.95 bits per heavy atom. The van der Waals surface area contributed by atoms with Crippen LogP contribution in [0, 0.1) is 0 Å². The Labute approximate surface area is 116 Å². The number of hydrogen-bond acceptors (Lipinski definition) is 4. The van der Waals surface area contributed by atoms with Crippen LogP contribution in [0.5, 0.6) is 0 Å². The second-order valence-corrected chi connectivity index (χ2v) is 4.59. The van der Waals surface area contributed by atoms with Crippen LogP contribution < -0.4 is 0 Å². The maximum Gasteiger partial charge on any atom is 0.338 e. The van der Waals surface area contributed by atoms with Gasteiger partial charge >= 0.3 is 5.97 Å². The van der Waals surface area contributed by atoms with Crippen molar-refractivity contribution in [2.45, 2.75) is 5.92 Å². The molecule has 0 radical (unpaired) electrons. The summed E-state index contributed by atoms with van der Waals surface area (Å²) in [6, 6.07) is 13.3. The molecule has 1 unspecified atom stereocenters. The van der Waals surface area contributed by atoms with Crippen molar-refractivity contribution in [3.05, 3.63) is 59.2 Å². The predicted octanol–water partition coefficient (Wildman–Crippen LogP) is 3.05. The first-order valence-electron chi connectivity index (χ1n) is 6.26. The van der Waals surface area contributed by atoms with Gasteiger partial charge in [-0.2, -0.15) is 0 Å². The minimum atomic E-state index is -0.363. The van der Waals surface area contributed by atoms with Gasteiger partial charge in [0.05, 0.1) is 18.9 Å². The van der Waals surface area contributed by atoms with E-state index in [2.05, 4.69) is 5.16 Å². The topological polar surface area (TPSA) is 58.9 Å². The summed E-state index contributed by atoms with van der Waals surface area (Å²) in [7, 11) is 1.37. The van der Waals surface area contributed by atoms with Crippen LogP contribution in [0.15, 0.2) is 47.6 Å². The van der Waals surface area contributed by atoms with Crippen LogP contribution in [0.1, 0.15) is 27.4 Å². The molecule has 0 bridgehead atoms. The molecule has 0 fully saturated rings. The molecule has 1 aliphatic carbocycles. The number of methoxy groups -OCH3 is 1. The lowest BCUT2D eigenvalue weighted by Gasteiger charge is -2.08. The molecule has 1 N–H and O–H groups in total. The summed E-state index contributed by atoms with van der Waals surface area (Å²) in [5.74, 6) is -0.506. The molecule has 3 rings (SSSR count). The van der Waals surface area contributed by atoms with Crippen LogP contribution in [0.25, 0.3) is 11.1 Å². The molecule has 4 heteroatoms. The number of fused-ring (bicyclic) bond motifs is 3. The van der Waals surface area contributed by atoms with Gasteiger partial charge in [-0.1, -0.05) is 36.4 Å². The summed E-state index contributed by atoms with van der Waals surface area (Å²) in [6.45, 7) is 0. The summed E-state index contributed by atoms with van der Waals surface area (Å²) < 4.78 is 4.85. The van der Waals surface area contributed by atoms with Gasteiger partial charge in [0.15, 0.2) is 0 Å². The summed E-state index contributed by atoms with van der Waals surface area (Å²) in [5.41, 5.74) is 4.35. The van der Waals surface area contributed by atoms with E-state index in [4.69, 9.17) is 9.94 Å². The van der Waals surface area contributed by atoms with Crippen LogP contribution in [-0.4, -0.2) is 24.5 Å². The van der Waals surface area contributed by atoms with E-state index in [9.17, 15) is 4.79 Å². The van der Waals surface area contributed by atoms with E-state index in [1.165, 1.54) is 13.3 Å². The summed E-state index contributed by atoms with van der Waals surface area (Å²) >= 11 is 0. The standard InChI is InChI=1S/C16H13NO3/c1-20-16(18)13-8-4-7-12-14(9-17-19)10-5-2-3-6-11(10)15(12)13/h2-9,14,19H,1H3. The zero-order valence-electron chi connectivity index (χ0n) is 10.9. The first kappa shape index (κ1) is 12.4. The first-order valence-corrected chi connectivity index (χ1v) is 6.26. The van der Waals surface area contributed by atoms with E-state index >= 15 is 0 Å². The molecule has 0 saturated heterocycles. The summed E-state index contributed by atoms with van der Waals surface area (Å²) in [6.07, 6.45) is 1.48. The smallest absolute Gasteiger partial charge is 0.338 e. The molecule has 0 spiro atoms. The molecule has 20 heavy (non-hydrogen) atoms. The van der Waals surface area contributed by atoms with Gasteiger partial charge < -0.3 is 9.94 Å². The highest BCUT2D eigenvalue weighted by Crippen LogP contribution is 2.45.